The molecule has 1 heterocycles. The van der Waals surface area contributed by atoms with Crippen molar-refractivity contribution in [2.24, 2.45) is 0 Å². The first-order chi connectivity index (χ1) is 8.99. The van der Waals surface area contributed by atoms with Crippen LogP contribution in [-0.4, -0.2) is 4.98 Å². The van der Waals surface area contributed by atoms with Gasteiger partial charge >= 0.3 is 0 Å². The molecule has 0 spiro atoms. The fourth-order valence-electron chi connectivity index (χ4n) is 1.66. The van der Waals surface area contributed by atoms with Crippen molar-refractivity contribution in [3.8, 4) is 0 Å². The number of rotatable bonds is 3. The highest BCUT2D eigenvalue weighted by atomic mass is 35.5. The lowest BCUT2D eigenvalue weighted by Gasteiger charge is -2.17. The number of hydrogen-bond acceptors (Lipinski definition) is 2. The molecule has 0 saturated carbocycles. The van der Waals surface area contributed by atoms with Crippen molar-refractivity contribution in [3.05, 3.63) is 57.0 Å². The van der Waals surface area contributed by atoms with Crippen LogP contribution in [0.25, 0.3) is 0 Å². The average molecular weight is 320 g/mol. The van der Waals surface area contributed by atoms with Gasteiger partial charge in [-0.3, -0.25) is 0 Å². The van der Waals surface area contributed by atoms with E-state index in [0.29, 0.717) is 20.8 Å². The summed E-state index contributed by atoms with van der Waals surface area (Å²) >= 11 is 18.0. The van der Waals surface area contributed by atoms with Crippen LogP contribution in [0.15, 0.2) is 30.5 Å². The highest BCUT2D eigenvalue weighted by Crippen LogP contribution is 2.36. The summed E-state index contributed by atoms with van der Waals surface area (Å²) in [6.45, 7) is 1.91. The monoisotopic (exact) mass is 318 g/mol. The minimum atomic E-state index is -0.522. The third-order valence-corrected chi connectivity index (χ3v) is 3.95. The van der Waals surface area contributed by atoms with Crippen LogP contribution in [0.5, 0.6) is 0 Å². The summed E-state index contributed by atoms with van der Waals surface area (Å²) in [7, 11) is 0. The number of anilines is 1. The first-order valence-corrected chi connectivity index (χ1v) is 6.64. The van der Waals surface area contributed by atoms with Gasteiger partial charge in [0.1, 0.15) is 0 Å². The Bertz CT molecular complexity index is 587. The van der Waals surface area contributed by atoms with Gasteiger partial charge in [0.2, 0.25) is 5.95 Å². The van der Waals surface area contributed by atoms with Gasteiger partial charge in [0, 0.05) is 0 Å². The Balaban J connectivity index is 2.23. The SMILES string of the molecule is CC(Nc1ccc(F)nc1)c1ccc(Cl)c(Cl)c1Cl. The maximum absolute atomic E-state index is 12.7. The van der Waals surface area contributed by atoms with E-state index in [2.05, 4.69) is 10.3 Å². The summed E-state index contributed by atoms with van der Waals surface area (Å²) in [5.41, 5.74) is 1.50. The van der Waals surface area contributed by atoms with Crippen LogP contribution in [0.2, 0.25) is 15.1 Å². The van der Waals surface area contributed by atoms with Gasteiger partial charge in [-0.1, -0.05) is 40.9 Å². The number of halogens is 4. The van der Waals surface area contributed by atoms with E-state index in [1.807, 2.05) is 6.92 Å². The smallest absolute Gasteiger partial charge is 0.212 e. The second-order valence-corrected chi connectivity index (χ2v) is 5.16. The number of pyridine rings is 1. The van der Waals surface area contributed by atoms with E-state index in [0.717, 1.165) is 5.56 Å². The first-order valence-electron chi connectivity index (χ1n) is 5.50. The molecule has 0 bridgehead atoms. The lowest BCUT2D eigenvalue weighted by Crippen LogP contribution is -2.07. The van der Waals surface area contributed by atoms with E-state index in [4.69, 9.17) is 34.8 Å². The molecule has 2 aromatic rings. The second-order valence-electron chi connectivity index (χ2n) is 4.00. The molecular formula is C13H10Cl3FN2. The zero-order chi connectivity index (χ0) is 14.0. The van der Waals surface area contributed by atoms with E-state index in [1.54, 1.807) is 18.2 Å². The van der Waals surface area contributed by atoms with Gasteiger partial charge in [-0.2, -0.15) is 4.39 Å². The topological polar surface area (TPSA) is 24.9 Å². The Hall–Kier alpha value is -1.03. The molecule has 1 aromatic heterocycles. The summed E-state index contributed by atoms with van der Waals surface area (Å²) < 4.78 is 12.7. The summed E-state index contributed by atoms with van der Waals surface area (Å²) in [4.78, 5) is 3.57. The second kappa shape index (κ2) is 5.95. The van der Waals surface area contributed by atoms with Crippen LogP contribution in [0.4, 0.5) is 10.1 Å². The zero-order valence-corrected chi connectivity index (χ0v) is 12.2. The molecular weight excluding hydrogens is 310 g/mol. The lowest BCUT2D eigenvalue weighted by molar-refractivity contribution is 0.584. The standard InChI is InChI=1S/C13H10Cl3FN2/c1-7(19-8-2-5-11(17)18-6-8)9-3-4-10(14)13(16)12(9)15/h2-7,19H,1H3. The Morgan fingerprint density at radius 2 is 1.84 bits per heavy atom. The van der Waals surface area contributed by atoms with E-state index in [9.17, 15) is 4.39 Å². The summed E-state index contributed by atoms with van der Waals surface area (Å²) in [5, 5.41) is 4.30. The fourth-order valence-corrected chi connectivity index (χ4v) is 2.37. The largest absolute Gasteiger partial charge is 0.377 e. The van der Waals surface area contributed by atoms with Crippen molar-refractivity contribution in [2.75, 3.05) is 5.32 Å². The molecule has 0 saturated heterocycles. The van der Waals surface area contributed by atoms with Gasteiger partial charge in [0.25, 0.3) is 0 Å². The van der Waals surface area contributed by atoms with Crippen molar-refractivity contribution in [2.45, 2.75) is 13.0 Å². The van der Waals surface area contributed by atoms with Crippen LogP contribution >= 0.6 is 34.8 Å². The molecule has 100 valence electrons. The Morgan fingerprint density at radius 3 is 2.47 bits per heavy atom. The van der Waals surface area contributed by atoms with Gasteiger partial charge in [-0.25, -0.2) is 4.98 Å². The minimum Gasteiger partial charge on any atom is -0.377 e. The normalized spacial score (nSPS) is 12.3. The van der Waals surface area contributed by atoms with Crippen molar-refractivity contribution in [3.63, 3.8) is 0 Å². The third-order valence-electron chi connectivity index (χ3n) is 2.64. The number of nitrogens with one attached hydrogen (secondary N) is 1. The highest BCUT2D eigenvalue weighted by molar-refractivity contribution is 6.48. The Morgan fingerprint density at radius 1 is 1.11 bits per heavy atom. The van der Waals surface area contributed by atoms with Crippen molar-refractivity contribution in [1.82, 2.24) is 4.98 Å². The van der Waals surface area contributed by atoms with Crippen molar-refractivity contribution in [1.29, 1.82) is 0 Å². The molecule has 2 rings (SSSR count). The van der Waals surface area contributed by atoms with E-state index in [-0.39, 0.29) is 6.04 Å². The number of aromatic nitrogens is 1. The number of nitrogens with zero attached hydrogens (tertiary/aromatic N) is 1. The molecule has 0 fully saturated rings. The molecule has 2 nitrogen and oxygen atoms in total. The number of benzene rings is 1. The Labute approximate surface area is 125 Å². The molecule has 1 unspecified atom stereocenters. The number of hydrogen-bond donors (Lipinski definition) is 1. The van der Waals surface area contributed by atoms with Gasteiger partial charge in [0.05, 0.1) is 33.0 Å². The van der Waals surface area contributed by atoms with Gasteiger partial charge in [-0.15, -0.1) is 0 Å². The Kier molecular flexibility index (Phi) is 4.50. The van der Waals surface area contributed by atoms with Crippen molar-refractivity contribution >= 4 is 40.5 Å². The molecule has 1 aromatic carbocycles. The molecule has 0 radical (unpaired) electrons. The first kappa shape index (κ1) is 14.4. The van der Waals surface area contributed by atoms with Crippen LogP contribution in [0, 0.1) is 5.95 Å². The van der Waals surface area contributed by atoms with E-state index in [1.165, 1.54) is 12.3 Å². The predicted molar refractivity (Wildman–Crippen MR) is 77.7 cm³/mol. The molecule has 1 atom stereocenters. The van der Waals surface area contributed by atoms with Gasteiger partial charge < -0.3 is 5.32 Å². The summed E-state index contributed by atoms with van der Waals surface area (Å²) in [6, 6.07) is 6.25. The minimum absolute atomic E-state index is 0.116. The molecule has 0 aliphatic heterocycles. The predicted octanol–water partition coefficient (Wildman–Crippen LogP) is 5.35. The molecule has 0 aliphatic rings. The van der Waals surface area contributed by atoms with Crippen molar-refractivity contribution < 1.29 is 4.39 Å². The molecule has 0 amide bonds. The summed E-state index contributed by atoms with van der Waals surface area (Å²) in [6.07, 6.45) is 1.41. The van der Waals surface area contributed by atoms with E-state index < -0.39 is 5.95 Å². The quantitative estimate of drug-likeness (QED) is 0.609. The fraction of sp³-hybridized carbons (Fsp3) is 0.154. The molecule has 19 heavy (non-hydrogen) atoms. The molecule has 6 heteroatoms. The van der Waals surface area contributed by atoms with Crippen LogP contribution in [0.1, 0.15) is 18.5 Å². The zero-order valence-electron chi connectivity index (χ0n) is 9.92. The van der Waals surface area contributed by atoms with E-state index >= 15 is 0 Å². The lowest BCUT2D eigenvalue weighted by atomic mass is 10.1. The van der Waals surface area contributed by atoms with Crippen LogP contribution in [-0.2, 0) is 0 Å². The maximum atomic E-state index is 12.7. The summed E-state index contributed by atoms with van der Waals surface area (Å²) in [5.74, 6) is -0.522. The molecule has 0 aliphatic carbocycles. The third kappa shape index (κ3) is 3.30. The van der Waals surface area contributed by atoms with Crippen LogP contribution in [0.3, 0.4) is 0 Å². The van der Waals surface area contributed by atoms with Crippen LogP contribution < -0.4 is 5.32 Å². The highest BCUT2D eigenvalue weighted by Gasteiger charge is 2.14. The van der Waals surface area contributed by atoms with Gasteiger partial charge in [0.15, 0.2) is 0 Å². The average Bonchev–Trinajstić information content (AvgIpc) is 2.39. The maximum Gasteiger partial charge on any atom is 0.212 e. The van der Waals surface area contributed by atoms with Gasteiger partial charge in [-0.05, 0) is 30.7 Å². The molecule has 1 N–H and O–H groups in total.